The van der Waals surface area contributed by atoms with Gasteiger partial charge in [0.05, 0.1) is 6.54 Å². The molecule has 0 saturated carbocycles. The van der Waals surface area contributed by atoms with E-state index in [4.69, 9.17) is 15.2 Å². The van der Waals surface area contributed by atoms with E-state index in [1.54, 1.807) is 31.2 Å². The highest BCUT2D eigenvalue weighted by molar-refractivity contribution is 7.91. The molecule has 0 radical (unpaired) electrons. The summed E-state index contributed by atoms with van der Waals surface area (Å²) in [4.78, 5) is 0. The number of hydrogen-bond donors (Lipinski definition) is 2. The molecule has 9 heteroatoms. The average Bonchev–Trinajstić information content (AvgIpc) is 3.03. The van der Waals surface area contributed by atoms with Crippen LogP contribution in [-0.2, 0) is 16.8 Å². The van der Waals surface area contributed by atoms with Crippen LogP contribution in [0.3, 0.4) is 0 Å². The predicted molar refractivity (Wildman–Crippen MR) is 118 cm³/mol. The lowest BCUT2D eigenvalue weighted by molar-refractivity contribution is 0.306. The number of benzene rings is 3. The summed E-state index contributed by atoms with van der Waals surface area (Å²) < 4.78 is 56.0. The van der Waals surface area contributed by atoms with Crippen LogP contribution in [0.4, 0.5) is 10.1 Å². The Kier molecular flexibility index (Phi) is 5.99. The number of nitrogens with zero attached hydrogens (tertiary/aromatic N) is 1. The molecule has 0 spiro atoms. The van der Waals surface area contributed by atoms with E-state index in [1.165, 1.54) is 0 Å². The number of ether oxygens (including phenoxy) is 2. The van der Waals surface area contributed by atoms with E-state index >= 15 is 4.39 Å². The Hall–Kier alpha value is -2.88. The van der Waals surface area contributed by atoms with Crippen molar-refractivity contribution in [3.8, 4) is 11.5 Å². The van der Waals surface area contributed by atoms with Crippen LogP contribution in [0.25, 0.3) is 10.8 Å². The lowest BCUT2D eigenvalue weighted by Gasteiger charge is -2.22. The van der Waals surface area contributed by atoms with Crippen molar-refractivity contribution in [2.45, 2.75) is 19.6 Å². The maximum atomic E-state index is 15.8. The second-order valence-corrected chi connectivity index (χ2v) is 9.01. The van der Waals surface area contributed by atoms with Gasteiger partial charge in [0.15, 0.2) is 5.82 Å². The number of anilines is 1. The van der Waals surface area contributed by atoms with Gasteiger partial charge in [0.1, 0.15) is 30.4 Å². The van der Waals surface area contributed by atoms with Gasteiger partial charge >= 0.3 is 10.2 Å². The molecule has 3 aromatic rings. The first-order chi connectivity index (χ1) is 14.9. The molecule has 0 aliphatic carbocycles. The number of halogens is 1. The van der Waals surface area contributed by atoms with Gasteiger partial charge in [0.25, 0.3) is 0 Å². The van der Waals surface area contributed by atoms with E-state index in [1.807, 2.05) is 30.3 Å². The largest absolute Gasteiger partial charge is 0.492 e. The Balaban J connectivity index is 1.81. The topological polar surface area (TPSA) is 93.9 Å². The number of rotatable bonds is 7. The minimum absolute atomic E-state index is 0.0931. The summed E-state index contributed by atoms with van der Waals surface area (Å²) in [6.07, 6.45) is 0. The highest BCUT2D eigenvalue weighted by atomic mass is 32.2. The minimum Gasteiger partial charge on any atom is -0.492 e. The average molecular weight is 446 g/mol. The van der Waals surface area contributed by atoms with Gasteiger partial charge in [-0.3, -0.25) is 0 Å². The zero-order valence-electron chi connectivity index (χ0n) is 17.0. The molecule has 31 heavy (non-hydrogen) atoms. The van der Waals surface area contributed by atoms with Crippen LogP contribution in [0.1, 0.15) is 12.5 Å². The molecule has 0 amide bonds. The van der Waals surface area contributed by atoms with E-state index in [2.05, 4.69) is 4.72 Å². The van der Waals surface area contributed by atoms with Crippen LogP contribution in [0.5, 0.6) is 11.5 Å². The smallest absolute Gasteiger partial charge is 0.302 e. The molecule has 7 nitrogen and oxygen atoms in total. The molecule has 1 aliphatic heterocycles. The molecule has 1 aliphatic rings. The highest BCUT2D eigenvalue weighted by Crippen LogP contribution is 2.40. The zero-order chi connectivity index (χ0) is 22.0. The van der Waals surface area contributed by atoms with Gasteiger partial charge in [-0.2, -0.15) is 13.1 Å². The second kappa shape index (κ2) is 8.70. The maximum Gasteiger partial charge on any atom is 0.302 e. The third kappa shape index (κ3) is 4.43. The molecular formula is C22H24FN3O4S. The van der Waals surface area contributed by atoms with Crippen LogP contribution < -0.4 is 24.2 Å². The van der Waals surface area contributed by atoms with Crippen molar-refractivity contribution in [1.82, 2.24) is 4.72 Å². The predicted octanol–water partition coefficient (Wildman–Crippen LogP) is 2.94. The first kappa shape index (κ1) is 21.4. The van der Waals surface area contributed by atoms with E-state index in [0.29, 0.717) is 24.3 Å². The van der Waals surface area contributed by atoms with E-state index in [0.717, 1.165) is 9.87 Å². The van der Waals surface area contributed by atoms with Crippen molar-refractivity contribution in [1.29, 1.82) is 0 Å². The molecule has 4 rings (SSSR count). The second-order valence-electron chi connectivity index (χ2n) is 7.39. The standard InChI is InChI=1S/C22H24FN3O4S/c1-15-13-26(31(27,28)25-15)22-20(30-14-16-5-3-2-4-6-16)11-17-7-8-18(29-10-9-24)12-19(17)21(22)23/h2-8,11-12,15,25H,9-10,13-14,24H2,1H3. The van der Waals surface area contributed by atoms with Gasteiger partial charge in [-0.05, 0) is 36.1 Å². The Labute approximate surface area is 180 Å². The summed E-state index contributed by atoms with van der Waals surface area (Å²) in [7, 11) is -3.89. The molecule has 3 aromatic carbocycles. The molecule has 3 N–H and O–H groups in total. The van der Waals surface area contributed by atoms with Crippen LogP contribution in [0.15, 0.2) is 54.6 Å². The molecule has 164 valence electrons. The Bertz CT molecular complexity index is 1190. The van der Waals surface area contributed by atoms with E-state index in [-0.39, 0.29) is 36.0 Å². The molecular weight excluding hydrogens is 421 g/mol. The summed E-state index contributed by atoms with van der Waals surface area (Å²) in [5, 5.41) is 0.813. The summed E-state index contributed by atoms with van der Waals surface area (Å²) in [5.41, 5.74) is 6.24. The number of fused-ring (bicyclic) bond motifs is 1. The van der Waals surface area contributed by atoms with Crippen molar-refractivity contribution in [2.75, 3.05) is 24.0 Å². The van der Waals surface area contributed by atoms with Gasteiger partial charge in [-0.1, -0.05) is 36.4 Å². The van der Waals surface area contributed by atoms with Crippen molar-refractivity contribution < 1.29 is 22.3 Å². The van der Waals surface area contributed by atoms with Crippen LogP contribution in [0.2, 0.25) is 0 Å². The van der Waals surface area contributed by atoms with Gasteiger partial charge in [0, 0.05) is 18.0 Å². The summed E-state index contributed by atoms with van der Waals surface area (Å²) >= 11 is 0. The molecule has 1 unspecified atom stereocenters. The monoisotopic (exact) mass is 445 g/mol. The van der Waals surface area contributed by atoms with E-state index in [9.17, 15) is 8.42 Å². The first-order valence-corrected chi connectivity index (χ1v) is 11.4. The molecule has 1 heterocycles. The first-order valence-electron chi connectivity index (χ1n) is 9.95. The Morgan fingerprint density at radius 2 is 1.94 bits per heavy atom. The molecule has 0 bridgehead atoms. The van der Waals surface area contributed by atoms with Gasteiger partial charge in [-0.25, -0.2) is 8.70 Å². The normalized spacial score (nSPS) is 17.8. The maximum absolute atomic E-state index is 15.8. The molecule has 1 atom stereocenters. The van der Waals surface area contributed by atoms with Crippen molar-refractivity contribution in [2.24, 2.45) is 5.73 Å². The molecule has 1 fully saturated rings. The van der Waals surface area contributed by atoms with Crippen molar-refractivity contribution in [3.05, 3.63) is 66.0 Å². The quantitative estimate of drug-likeness (QED) is 0.583. The van der Waals surface area contributed by atoms with Gasteiger partial charge < -0.3 is 15.2 Å². The lowest BCUT2D eigenvalue weighted by atomic mass is 10.1. The Morgan fingerprint density at radius 1 is 1.16 bits per heavy atom. The number of nitrogens with one attached hydrogen (secondary N) is 1. The fraction of sp³-hybridized carbons (Fsp3) is 0.273. The summed E-state index contributed by atoms with van der Waals surface area (Å²) in [6, 6.07) is 15.7. The van der Waals surface area contributed by atoms with Crippen LogP contribution >= 0.6 is 0 Å². The Morgan fingerprint density at radius 3 is 2.61 bits per heavy atom. The number of nitrogens with two attached hydrogens (primary N) is 1. The summed E-state index contributed by atoms with van der Waals surface area (Å²) in [6.45, 7) is 2.61. The van der Waals surface area contributed by atoms with Crippen LogP contribution in [0, 0.1) is 5.82 Å². The molecule has 0 aromatic heterocycles. The third-order valence-corrected chi connectivity index (χ3v) is 6.55. The fourth-order valence-electron chi connectivity index (χ4n) is 3.55. The van der Waals surface area contributed by atoms with Gasteiger partial charge in [0.2, 0.25) is 0 Å². The third-order valence-electron chi connectivity index (χ3n) is 4.94. The van der Waals surface area contributed by atoms with Crippen LogP contribution in [-0.4, -0.2) is 34.2 Å². The molecule has 1 saturated heterocycles. The fourth-order valence-corrected chi connectivity index (χ4v) is 5.09. The van der Waals surface area contributed by atoms with Crippen molar-refractivity contribution >= 4 is 26.7 Å². The minimum atomic E-state index is -3.89. The SMILES string of the molecule is CC1CN(c2c(OCc3ccccc3)cc3ccc(OCCN)cc3c2F)S(=O)(=O)N1. The zero-order valence-corrected chi connectivity index (χ0v) is 17.9. The number of hydrogen-bond acceptors (Lipinski definition) is 5. The highest BCUT2D eigenvalue weighted by Gasteiger charge is 2.37. The summed E-state index contributed by atoms with van der Waals surface area (Å²) in [5.74, 6) is -0.0706. The van der Waals surface area contributed by atoms with E-state index < -0.39 is 16.0 Å². The lowest BCUT2D eigenvalue weighted by Crippen LogP contribution is -2.30. The van der Waals surface area contributed by atoms with Gasteiger partial charge in [-0.15, -0.1) is 0 Å². The van der Waals surface area contributed by atoms with Crippen molar-refractivity contribution in [3.63, 3.8) is 0 Å².